The molecule has 0 amide bonds. The first-order chi connectivity index (χ1) is 9.20. The SMILES string of the molecule is CCCc1c(N)nnn1CCSc1ccc(F)cc1. The van der Waals surface area contributed by atoms with Crippen LogP contribution in [0.3, 0.4) is 0 Å². The average molecular weight is 280 g/mol. The Balaban J connectivity index is 1.90. The second-order valence-corrected chi connectivity index (χ2v) is 5.37. The molecule has 0 spiro atoms. The summed E-state index contributed by atoms with van der Waals surface area (Å²) in [7, 11) is 0. The molecule has 0 aliphatic heterocycles. The van der Waals surface area contributed by atoms with Crippen LogP contribution in [0.2, 0.25) is 0 Å². The number of aromatic nitrogens is 3. The third-order valence-corrected chi connectivity index (χ3v) is 3.73. The summed E-state index contributed by atoms with van der Waals surface area (Å²) >= 11 is 1.66. The Hall–Kier alpha value is -1.56. The number of hydrogen-bond donors (Lipinski definition) is 1. The van der Waals surface area contributed by atoms with E-state index in [0.29, 0.717) is 5.82 Å². The van der Waals surface area contributed by atoms with E-state index in [1.807, 2.05) is 4.68 Å². The molecule has 0 aliphatic rings. The summed E-state index contributed by atoms with van der Waals surface area (Å²) in [5.74, 6) is 1.16. The number of rotatable bonds is 6. The van der Waals surface area contributed by atoms with Gasteiger partial charge in [-0.25, -0.2) is 9.07 Å². The van der Waals surface area contributed by atoms with Crippen LogP contribution in [0.15, 0.2) is 29.2 Å². The van der Waals surface area contributed by atoms with E-state index in [1.54, 1.807) is 23.9 Å². The van der Waals surface area contributed by atoms with Gasteiger partial charge in [0.2, 0.25) is 0 Å². The quantitative estimate of drug-likeness (QED) is 0.827. The first-order valence-corrected chi connectivity index (χ1v) is 7.25. The number of thioether (sulfide) groups is 1. The third kappa shape index (κ3) is 3.70. The molecular weight excluding hydrogens is 263 g/mol. The molecule has 19 heavy (non-hydrogen) atoms. The van der Waals surface area contributed by atoms with E-state index in [9.17, 15) is 4.39 Å². The van der Waals surface area contributed by atoms with Crippen molar-refractivity contribution in [1.82, 2.24) is 15.0 Å². The largest absolute Gasteiger partial charge is 0.381 e. The topological polar surface area (TPSA) is 56.7 Å². The lowest BCUT2D eigenvalue weighted by Crippen LogP contribution is -2.08. The fourth-order valence-electron chi connectivity index (χ4n) is 1.80. The number of anilines is 1. The van der Waals surface area contributed by atoms with Gasteiger partial charge in [0, 0.05) is 10.6 Å². The number of nitrogens with two attached hydrogens (primary N) is 1. The standard InChI is InChI=1S/C13H17FN4S/c1-2-3-12-13(15)16-17-18(12)8-9-19-11-6-4-10(14)5-7-11/h4-7H,2-3,8-9,15H2,1H3. The highest BCUT2D eigenvalue weighted by atomic mass is 32.2. The van der Waals surface area contributed by atoms with Gasteiger partial charge in [-0.15, -0.1) is 16.9 Å². The van der Waals surface area contributed by atoms with Crippen LogP contribution in [0, 0.1) is 5.82 Å². The molecule has 6 heteroatoms. The van der Waals surface area contributed by atoms with Gasteiger partial charge >= 0.3 is 0 Å². The molecule has 1 aromatic heterocycles. The van der Waals surface area contributed by atoms with Crippen LogP contribution in [0.1, 0.15) is 19.0 Å². The van der Waals surface area contributed by atoms with E-state index in [4.69, 9.17) is 5.73 Å². The van der Waals surface area contributed by atoms with Crippen LogP contribution < -0.4 is 5.73 Å². The maximum atomic E-state index is 12.8. The Labute approximate surface area is 116 Å². The third-order valence-electron chi connectivity index (χ3n) is 2.74. The molecule has 2 aromatic rings. The zero-order chi connectivity index (χ0) is 13.7. The van der Waals surface area contributed by atoms with Crippen molar-refractivity contribution in [3.63, 3.8) is 0 Å². The molecule has 102 valence electrons. The minimum absolute atomic E-state index is 0.210. The number of nitrogens with zero attached hydrogens (tertiary/aromatic N) is 3. The molecule has 0 aliphatic carbocycles. The second-order valence-electron chi connectivity index (χ2n) is 4.20. The average Bonchev–Trinajstić information content (AvgIpc) is 2.74. The monoisotopic (exact) mass is 280 g/mol. The van der Waals surface area contributed by atoms with Crippen LogP contribution in [-0.4, -0.2) is 20.7 Å². The van der Waals surface area contributed by atoms with Crippen molar-refractivity contribution in [2.45, 2.75) is 31.2 Å². The lowest BCUT2D eigenvalue weighted by molar-refractivity contribution is 0.598. The number of halogens is 1. The predicted molar refractivity (Wildman–Crippen MR) is 75.6 cm³/mol. The number of nitrogen functional groups attached to an aromatic ring is 1. The summed E-state index contributed by atoms with van der Waals surface area (Å²) in [6.45, 7) is 2.85. The Morgan fingerprint density at radius 1 is 1.32 bits per heavy atom. The molecule has 1 heterocycles. The van der Waals surface area contributed by atoms with Gasteiger partial charge in [-0.3, -0.25) is 0 Å². The van der Waals surface area contributed by atoms with Crippen LogP contribution in [0.5, 0.6) is 0 Å². The van der Waals surface area contributed by atoms with Gasteiger partial charge in [0.25, 0.3) is 0 Å². The highest BCUT2D eigenvalue weighted by Crippen LogP contribution is 2.19. The lowest BCUT2D eigenvalue weighted by Gasteiger charge is -2.06. The first kappa shape index (κ1) is 13.9. The summed E-state index contributed by atoms with van der Waals surface area (Å²) in [6, 6.07) is 6.50. The minimum atomic E-state index is -0.210. The summed E-state index contributed by atoms with van der Waals surface area (Å²) in [5.41, 5.74) is 6.79. The van der Waals surface area contributed by atoms with E-state index >= 15 is 0 Å². The van der Waals surface area contributed by atoms with Crippen molar-refractivity contribution in [2.24, 2.45) is 0 Å². The Morgan fingerprint density at radius 2 is 2.05 bits per heavy atom. The van der Waals surface area contributed by atoms with Gasteiger partial charge in [-0.2, -0.15) is 0 Å². The molecule has 0 atom stereocenters. The van der Waals surface area contributed by atoms with Crippen molar-refractivity contribution in [3.05, 3.63) is 35.8 Å². The summed E-state index contributed by atoms with van der Waals surface area (Å²) in [5, 5.41) is 7.95. The van der Waals surface area contributed by atoms with Gasteiger partial charge in [0.05, 0.1) is 12.2 Å². The fraction of sp³-hybridized carbons (Fsp3) is 0.385. The summed E-state index contributed by atoms with van der Waals surface area (Å²) < 4.78 is 14.6. The van der Waals surface area contributed by atoms with Gasteiger partial charge in [0.1, 0.15) is 5.82 Å². The van der Waals surface area contributed by atoms with Gasteiger partial charge in [-0.1, -0.05) is 18.6 Å². The van der Waals surface area contributed by atoms with Crippen molar-refractivity contribution in [1.29, 1.82) is 0 Å². The first-order valence-electron chi connectivity index (χ1n) is 6.27. The van der Waals surface area contributed by atoms with E-state index in [-0.39, 0.29) is 5.82 Å². The van der Waals surface area contributed by atoms with Crippen LogP contribution in [0.4, 0.5) is 10.2 Å². The van der Waals surface area contributed by atoms with Crippen molar-refractivity contribution in [2.75, 3.05) is 11.5 Å². The summed E-state index contributed by atoms with van der Waals surface area (Å²) in [6.07, 6.45) is 1.91. The van der Waals surface area contributed by atoms with Crippen molar-refractivity contribution < 1.29 is 4.39 Å². The smallest absolute Gasteiger partial charge is 0.169 e. The molecule has 0 saturated heterocycles. The maximum absolute atomic E-state index is 12.8. The molecule has 0 unspecified atom stereocenters. The van der Waals surface area contributed by atoms with Crippen LogP contribution >= 0.6 is 11.8 Å². The normalized spacial score (nSPS) is 10.8. The van der Waals surface area contributed by atoms with Crippen LogP contribution in [-0.2, 0) is 13.0 Å². The highest BCUT2D eigenvalue weighted by Gasteiger charge is 2.08. The molecule has 0 fully saturated rings. The zero-order valence-corrected chi connectivity index (χ0v) is 11.7. The van der Waals surface area contributed by atoms with Crippen molar-refractivity contribution >= 4 is 17.6 Å². The Kier molecular flexibility index (Phi) is 4.79. The van der Waals surface area contributed by atoms with Gasteiger partial charge in [-0.05, 0) is 30.7 Å². The molecule has 2 N–H and O–H groups in total. The Morgan fingerprint density at radius 3 is 2.74 bits per heavy atom. The van der Waals surface area contributed by atoms with Crippen molar-refractivity contribution in [3.8, 4) is 0 Å². The molecule has 1 aromatic carbocycles. The molecule has 0 saturated carbocycles. The fourth-order valence-corrected chi connectivity index (χ4v) is 2.63. The van der Waals surface area contributed by atoms with Gasteiger partial charge < -0.3 is 5.73 Å². The molecule has 4 nitrogen and oxygen atoms in total. The molecular formula is C13H17FN4S. The number of aryl methyl sites for hydroxylation is 1. The predicted octanol–water partition coefficient (Wildman–Crippen LogP) is 2.74. The summed E-state index contributed by atoms with van der Waals surface area (Å²) in [4.78, 5) is 1.05. The van der Waals surface area contributed by atoms with E-state index in [2.05, 4.69) is 17.2 Å². The zero-order valence-electron chi connectivity index (χ0n) is 10.8. The van der Waals surface area contributed by atoms with Gasteiger partial charge in [0.15, 0.2) is 5.82 Å². The molecule has 0 radical (unpaired) electrons. The molecule has 0 bridgehead atoms. The second kappa shape index (κ2) is 6.56. The van der Waals surface area contributed by atoms with E-state index in [0.717, 1.165) is 35.7 Å². The Bertz CT molecular complexity index is 524. The van der Waals surface area contributed by atoms with Crippen LogP contribution in [0.25, 0.3) is 0 Å². The molecule has 2 rings (SSSR count). The highest BCUT2D eigenvalue weighted by molar-refractivity contribution is 7.99. The number of hydrogen-bond acceptors (Lipinski definition) is 4. The lowest BCUT2D eigenvalue weighted by atomic mass is 10.2. The number of benzene rings is 1. The van der Waals surface area contributed by atoms with E-state index in [1.165, 1.54) is 12.1 Å². The minimum Gasteiger partial charge on any atom is -0.381 e. The van der Waals surface area contributed by atoms with E-state index < -0.39 is 0 Å². The maximum Gasteiger partial charge on any atom is 0.169 e.